The van der Waals surface area contributed by atoms with Gasteiger partial charge in [-0.2, -0.15) is 0 Å². The van der Waals surface area contributed by atoms with Crippen molar-refractivity contribution >= 4 is 0 Å². The van der Waals surface area contributed by atoms with Crippen molar-refractivity contribution in [1.82, 2.24) is 4.57 Å². The molecule has 0 atom stereocenters. The van der Waals surface area contributed by atoms with Crippen LogP contribution in [-0.4, -0.2) is 4.57 Å². The van der Waals surface area contributed by atoms with Crippen LogP contribution in [0.15, 0.2) is 44.0 Å². The van der Waals surface area contributed by atoms with Gasteiger partial charge < -0.3 is 17.0 Å². The highest BCUT2D eigenvalue weighted by Gasteiger charge is 1.97. The predicted molar refractivity (Wildman–Crippen MR) is 45.0 cm³/mol. The number of hydrogen-bond acceptors (Lipinski definition) is 0. The molecule has 0 saturated carbocycles. The van der Waals surface area contributed by atoms with Gasteiger partial charge in [-0.3, -0.25) is 0 Å². The van der Waals surface area contributed by atoms with Gasteiger partial charge in [0.15, 0.2) is 0 Å². The van der Waals surface area contributed by atoms with E-state index in [1.54, 1.807) is 0 Å². The minimum Gasteiger partial charge on any atom is -1.00 e. The van der Waals surface area contributed by atoms with E-state index in [1.165, 1.54) is 0 Å². The average Bonchev–Trinajstić information content (AvgIpc) is 2.38. The molecule has 0 fully saturated rings. The number of allylic oxidation sites excluding steroid dienone is 2. The molecule has 1 aromatic heterocycles. The van der Waals surface area contributed by atoms with Gasteiger partial charge in [-0.25, -0.2) is 9.13 Å². The van der Waals surface area contributed by atoms with Crippen LogP contribution in [0.5, 0.6) is 0 Å². The lowest BCUT2D eigenvalue weighted by Gasteiger charge is -1.86. The zero-order valence-corrected chi connectivity index (χ0v) is 8.57. The van der Waals surface area contributed by atoms with Crippen molar-refractivity contribution in [3.05, 3.63) is 44.0 Å². The third-order valence-corrected chi connectivity index (χ3v) is 1.43. The van der Waals surface area contributed by atoms with Gasteiger partial charge in [0.1, 0.15) is 25.5 Å². The average molecular weight is 229 g/mol. The van der Waals surface area contributed by atoms with E-state index in [9.17, 15) is 0 Å². The first-order chi connectivity index (χ1) is 5.36. The minimum atomic E-state index is 0. The minimum absolute atomic E-state index is 0. The number of nitrogens with zero attached hydrogens (tertiary/aromatic N) is 2. The van der Waals surface area contributed by atoms with Gasteiger partial charge in [0, 0.05) is 0 Å². The SMILES string of the molecule is C=CCn1cc[n+](CC=C)c1.[Br-]. The van der Waals surface area contributed by atoms with E-state index >= 15 is 0 Å². The van der Waals surface area contributed by atoms with Gasteiger partial charge >= 0.3 is 0 Å². The fourth-order valence-corrected chi connectivity index (χ4v) is 0.953. The first-order valence-corrected chi connectivity index (χ1v) is 3.63. The van der Waals surface area contributed by atoms with E-state index in [0.717, 1.165) is 13.1 Å². The summed E-state index contributed by atoms with van der Waals surface area (Å²) in [7, 11) is 0. The molecule has 0 N–H and O–H groups in total. The Kier molecular flexibility index (Phi) is 5.37. The van der Waals surface area contributed by atoms with E-state index in [-0.39, 0.29) is 17.0 Å². The Morgan fingerprint density at radius 2 is 2.08 bits per heavy atom. The molecular formula is C9H13BrN2. The second kappa shape index (κ2) is 5.77. The highest BCUT2D eigenvalue weighted by molar-refractivity contribution is 4.74. The van der Waals surface area contributed by atoms with Crippen LogP contribution in [-0.2, 0) is 13.1 Å². The molecule has 1 rings (SSSR count). The van der Waals surface area contributed by atoms with Crippen molar-refractivity contribution in [2.45, 2.75) is 13.1 Å². The first-order valence-electron chi connectivity index (χ1n) is 3.63. The Morgan fingerprint density at radius 1 is 1.33 bits per heavy atom. The van der Waals surface area contributed by atoms with E-state index < -0.39 is 0 Å². The molecule has 0 aliphatic rings. The van der Waals surface area contributed by atoms with E-state index in [1.807, 2.05) is 30.9 Å². The van der Waals surface area contributed by atoms with Crippen molar-refractivity contribution in [2.75, 3.05) is 0 Å². The Balaban J connectivity index is 0.00000121. The summed E-state index contributed by atoms with van der Waals surface area (Å²) in [6.07, 6.45) is 9.82. The molecular weight excluding hydrogens is 216 g/mol. The summed E-state index contributed by atoms with van der Waals surface area (Å²) in [5.74, 6) is 0. The molecule has 2 nitrogen and oxygen atoms in total. The molecule has 1 aromatic rings. The lowest BCUT2D eigenvalue weighted by atomic mass is 10.6. The molecule has 0 aromatic carbocycles. The molecule has 66 valence electrons. The predicted octanol–water partition coefficient (Wildman–Crippen LogP) is -1.85. The van der Waals surface area contributed by atoms with Crippen molar-refractivity contribution in [1.29, 1.82) is 0 Å². The molecule has 0 unspecified atom stereocenters. The Morgan fingerprint density at radius 3 is 2.67 bits per heavy atom. The van der Waals surface area contributed by atoms with Crippen LogP contribution < -0.4 is 21.5 Å². The van der Waals surface area contributed by atoms with Crippen molar-refractivity contribution in [3.8, 4) is 0 Å². The Labute approximate surface area is 83.6 Å². The number of aromatic nitrogens is 2. The maximum Gasteiger partial charge on any atom is 0.244 e. The van der Waals surface area contributed by atoms with Crippen molar-refractivity contribution < 1.29 is 21.5 Å². The second-order valence-corrected chi connectivity index (χ2v) is 2.38. The number of halogens is 1. The standard InChI is InChI=1S/C9H13N2.BrH/c1-3-5-10-7-8-11(9-10)6-4-2;/h3-4,7-9H,1-2,5-6H2;1H/q+1;/p-1. The third-order valence-electron chi connectivity index (χ3n) is 1.43. The third kappa shape index (κ3) is 3.05. The van der Waals surface area contributed by atoms with Crippen molar-refractivity contribution in [2.24, 2.45) is 0 Å². The zero-order chi connectivity index (χ0) is 8.10. The van der Waals surface area contributed by atoms with Crippen LogP contribution in [0.2, 0.25) is 0 Å². The maximum atomic E-state index is 3.66. The number of rotatable bonds is 4. The molecule has 1 heterocycles. The van der Waals surface area contributed by atoms with Gasteiger partial charge in [-0.05, 0) is 0 Å². The van der Waals surface area contributed by atoms with Crippen molar-refractivity contribution in [3.63, 3.8) is 0 Å². The highest BCUT2D eigenvalue weighted by atomic mass is 79.9. The van der Waals surface area contributed by atoms with Gasteiger partial charge in [0.2, 0.25) is 6.33 Å². The molecule has 0 saturated heterocycles. The van der Waals surface area contributed by atoms with Gasteiger partial charge in [0.05, 0.1) is 0 Å². The second-order valence-electron chi connectivity index (χ2n) is 2.38. The smallest absolute Gasteiger partial charge is 0.244 e. The molecule has 0 amide bonds. The molecule has 3 heteroatoms. The Bertz CT molecular complexity index is 228. The summed E-state index contributed by atoms with van der Waals surface area (Å²) in [6, 6.07) is 0. The van der Waals surface area contributed by atoms with E-state index in [0.29, 0.717) is 0 Å². The molecule has 0 aliphatic heterocycles. The lowest BCUT2D eigenvalue weighted by molar-refractivity contribution is -0.686. The van der Waals surface area contributed by atoms with Crippen LogP contribution in [0.4, 0.5) is 0 Å². The summed E-state index contributed by atoms with van der Waals surface area (Å²) in [5.41, 5.74) is 0. The summed E-state index contributed by atoms with van der Waals surface area (Å²) >= 11 is 0. The van der Waals surface area contributed by atoms with Gasteiger partial charge in [-0.1, -0.05) is 25.3 Å². The largest absolute Gasteiger partial charge is 1.00 e. The topological polar surface area (TPSA) is 8.81 Å². The van der Waals surface area contributed by atoms with Gasteiger partial charge in [0.25, 0.3) is 0 Å². The maximum absolute atomic E-state index is 3.66. The molecule has 0 bridgehead atoms. The van der Waals surface area contributed by atoms with Crippen LogP contribution in [0.3, 0.4) is 0 Å². The van der Waals surface area contributed by atoms with Gasteiger partial charge in [-0.15, -0.1) is 0 Å². The van der Waals surface area contributed by atoms with Crippen LogP contribution in [0.1, 0.15) is 0 Å². The summed E-state index contributed by atoms with van der Waals surface area (Å²) in [6.45, 7) is 9.05. The first kappa shape index (κ1) is 11.2. The summed E-state index contributed by atoms with van der Waals surface area (Å²) in [5, 5.41) is 0. The Hall–Kier alpha value is -0.830. The quantitative estimate of drug-likeness (QED) is 0.423. The highest BCUT2D eigenvalue weighted by Crippen LogP contribution is 1.84. The number of imidazole rings is 1. The lowest BCUT2D eigenvalue weighted by Crippen LogP contribution is -3.00. The van der Waals surface area contributed by atoms with Crippen LogP contribution in [0.25, 0.3) is 0 Å². The molecule has 0 aliphatic carbocycles. The fraction of sp³-hybridized carbons (Fsp3) is 0.222. The monoisotopic (exact) mass is 228 g/mol. The molecule has 0 spiro atoms. The van der Waals surface area contributed by atoms with Crippen LogP contribution >= 0.6 is 0 Å². The number of hydrogen-bond donors (Lipinski definition) is 0. The summed E-state index contributed by atoms with van der Waals surface area (Å²) in [4.78, 5) is 0. The molecule has 0 radical (unpaired) electrons. The zero-order valence-electron chi connectivity index (χ0n) is 6.99. The van der Waals surface area contributed by atoms with Crippen LogP contribution in [0, 0.1) is 0 Å². The molecule has 12 heavy (non-hydrogen) atoms. The fourth-order valence-electron chi connectivity index (χ4n) is 0.953. The normalized spacial score (nSPS) is 8.67. The van der Waals surface area contributed by atoms with E-state index in [2.05, 4.69) is 22.3 Å². The van der Waals surface area contributed by atoms with E-state index in [4.69, 9.17) is 0 Å². The summed E-state index contributed by atoms with van der Waals surface area (Å²) < 4.78 is 4.13.